The van der Waals surface area contributed by atoms with E-state index in [0.717, 1.165) is 11.1 Å². The molecule has 0 unspecified atom stereocenters. The summed E-state index contributed by atoms with van der Waals surface area (Å²) in [5.41, 5.74) is 2.85. The first-order valence-electron chi connectivity index (χ1n) is 7.57. The number of hydrogen-bond donors (Lipinski definition) is 0. The Hall–Kier alpha value is -2.55. The maximum atomic E-state index is 11.6. The molecule has 0 radical (unpaired) electrons. The largest absolute Gasteiger partial charge is 0.514 e. The molecule has 0 bridgehead atoms. The molecule has 3 nitrogen and oxygen atoms in total. The molecular weight excluding hydrogens is 288 g/mol. The van der Waals surface area contributed by atoms with E-state index in [0.29, 0.717) is 5.75 Å². The minimum absolute atomic E-state index is 0.465. The predicted molar refractivity (Wildman–Crippen MR) is 93.4 cm³/mol. The maximum Gasteiger partial charge on any atom is 0.514 e. The lowest BCUT2D eigenvalue weighted by atomic mass is 10.1. The monoisotopic (exact) mass is 310 g/mol. The van der Waals surface area contributed by atoms with Gasteiger partial charge >= 0.3 is 6.16 Å². The lowest BCUT2D eigenvalue weighted by Gasteiger charge is -2.18. The number of rotatable bonds is 3. The fourth-order valence-electron chi connectivity index (χ4n) is 1.88. The van der Waals surface area contributed by atoms with Gasteiger partial charge in [0.1, 0.15) is 11.4 Å². The highest BCUT2D eigenvalue weighted by molar-refractivity contribution is 5.70. The van der Waals surface area contributed by atoms with Gasteiger partial charge in [-0.15, -0.1) is 0 Å². The van der Waals surface area contributed by atoms with Crippen LogP contribution in [0.25, 0.3) is 12.2 Å². The van der Waals surface area contributed by atoms with Crippen molar-refractivity contribution in [2.24, 2.45) is 0 Å². The summed E-state index contributed by atoms with van der Waals surface area (Å²) in [5.74, 6) is 0.465. The van der Waals surface area contributed by atoms with E-state index >= 15 is 0 Å². The average Bonchev–Trinajstić information content (AvgIpc) is 2.46. The molecule has 2 rings (SSSR count). The van der Waals surface area contributed by atoms with E-state index in [9.17, 15) is 4.79 Å². The molecule has 0 aromatic heterocycles. The van der Waals surface area contributed by atoms with Crippen molar-refractivity contribution >= 4 is 18.3 Å². The molecule has 120 valence electrons. The van der Waals surface area contributed by atoms with Crippen molar-refractivity contribution < 1.29 is 14.3 Å². The topological polar surface area (TPSA) is 35.5 Å². The molecule has 0 amide bonds. The quantitative estimate of drug-likeness (QED) is 0.428. The molecule has 2 aromatic rings. The van der Waals surface area contributed by atoms with Gasteiger partial charge in [-0.25, -0.2) is 4.79 Å². The van der Waals surface area contributed by atoms with E-state index in [1.165, 1.54) is 5.56 Å². The smallest absolute Gasteiger partial charge is 0.428 e. The van der Waals surface area contributed by atoms with Crippen LogP contribution < -0.4 is 4.74 Å². The lowest BCUT2D eigenvalue weighted by molar-refractivity contribution is 0.0206. The lowest BCUT2D eigenvalue weighted by Crippen LogP contribution is -2.25. The second-order valence-corrected chi connectivity index (χ2v) is 6.38. The fourth-order valence-corrected chi connectivity index (χ4v) is 1.88. The summed E-state index contributed by atoms with van der Waals surface area (Å²) in [6.45, 7) is 7.46. The summed E-state index contributed by atoms with van der Waals surface area (Å²) in [6.07, 6.45) is 3.37. The van der Waals surface area contributed by atoms with Crippen molar-refractivity contribution in [3.63, 3.8) is 0 Å². The van der Waals surface area contributed by atoms with E-state index in [-0.39, 0.29) is 0 Å². The van der Waals surface area contributed by atoms with Crippen LogP contribution in [0.1, 0.15) is 37.5 Å². The number of carbonyl (C=O) groups excluding carboxylic acids is 1. The Kier molecular flexibility index (Phi) is 5.22. The summed E-state index contributed by atoms with van der Waals surface area (Å²) >= 11 is 0. The molecular formula is C20H22O3. The minimum Gasteiger partial charge on any atom is -0.428 e. The molecule has 3 heteroatoms. The molecule has 0 heterocycles. The van der Waals surface area contributed by atoms with Crippen LogP contribution >= 0.6 is 0 Å². The van der Waals surface area contributed by atoms with E-state index in [2.05, 4.69) is 31.2 Å². The molecule has 0 fully saturated rings. The summed E-state index contributed by atoms with van der Waals surface area (Å²) in [4.78, 5) is 11.6. The maximum absolute atomic E-state index is 11.6. The van der Waals surface area contributed by atoms with Crippen LogP contribution in [0.3, 0.4) is 0 Å². The standard InChI is InChI=1S/C20H22O3/c1-15-5-7-16(8-6-15)9-10-17-11-13-18(14-12-17)22-19(21)23-20(2,3)4/h5-14H,1-4H3/b10-9+. The first-order chi connectivity index (χ1) is 10.8. The van der Waals surface area contributed by atoms with Crippen LogP contribution in [0.5, 0.6) is 5.75 Å². The normalized spacial score (nSPS) is 11.5. The Balaban J connectivity index is 1.96. The summed E-state index contributed by atoms with van der Waals surface area (Å²) in [7, 11) is 0. The molecule has 0 saturated heterocycles. The van der Waals surface area contributed by atoms with Crippen molar-refractivity contribution in [1.82, 2.24) is 0 Å². The van der Waals surface area contributed by atoms with Crippen molar-refractivity contribution in [1.29, 1.82) is 0 Å². The van der Waals surface area contributed by atoms with Gasteiger partial charge in [-0.2, -0.15) is 0 Å². The molecule has 0 aliphatic heterocycles. The summed E-state index contributed by atoms with van der Waals surface area (Å²) in [5, 5.41) is 0. The average molecular weight is 310 g/mol. The first kappa shape index (κ1) is 16.8. The van der Waals surface area contributed by atoms with Gasteiger partial charge in [-0.3, -0.25) is 0 Å². The number of hydrogen-bond acceptors (Lipinski definition) is 3. The van der Waals surface area contributed by atoms with Crippen LogP contribution in [0, 0.1) is 6.92 Å². The highest BCUT2D eigenvalue weighted by atomic mass is 16.7. The highest BCUT2D eigenvalue weighted by Crippen LogP contribution is 2.17. The molecule has 0 aliphatic carbocycles. The minimum atomic E-state index is -0.694. The summed E-state index contributed by atoms with van der Waals surface area (Å²) in [6, 6.07) is 15.6. The van der Waals surface area contributed by atoms with Crippen molar-refractivity contribution in [2.75, 3.05) is 0 Å². The van der Waals surface area contributed by atoms with Crippen molar-refractivity contribution in [3.05, 3.63) is 65.2 Å². The SMILES string of the molecule is Cc1ccc(/C=C/c2ccc(OC(=O)OC(C)(C)C)cc2)cc1. The molecule has 0 spiro atoms. The van der Waals surface area contributed by atoms with Gasteiger partial charge < -0.3 is 9.47 Å². The van der Waals surface area contributed by atoms with Crippen molar-refractivity contribution in [2.45, 2.75) is 33.3 Å². The molecule has 2 aromatic carbocycles. The zero-order chi connectivity index (χ0) is 16.9. The Bertz CT molecular complexity index is 674. The Morgan fingerprint density at radius 2 is 1.35 bits per heavy atom. The van der Waals surface area contributed by atoms with Crippen LogP contribution in [0.15, 0.2) is 48.5 Å². The second kappa shape index (κ2) is 7.14. The molecule has 0 saturated carbocycles. The molecule has 23 heavy (non-hydrogen) atoms. The van der Waals surface area contributed by atoms with Gasteiger partial charge in [0.05, 0.1) is 0 Å². The fraction of sp³-hybridized carbons (Fsp3) is 0.250. The zero-order valence-corrected chi connectivity index (χ0v) is 14.0. The van der Waals surface area contributed by atoms with Gasteiger partial charge in [-0.05, 0) is 51.0 Å². The Morgan fingerprint density at radius 1 is 0.870 bits per heavy atom. The number of benzene rings is 2. The predicted octanol–water partition coefficient (Wildman–Crippen LogP) is 5.48. The van der Waals surface area contributed by atoms with Gasteiger partial charge in [-0.1, -0.05) is 54.1 Å². The number of aryl methyl sites for hydroxylation is 1. The van der Waals surface area contributed by atoms with E-state index in [1.807, 2.05) is 24.3 Å². The zero-order valence-electron chi connectivity index (χ0n) is 14.0. The van der Waals surface area contributed by atoms with Crippen molar-refractivity contribution in [3.8, 4) is 5.75 Å². The third-order valence-corrected chi connectivity index (χ3v) is 3.02. The Morgan fingerprint density at radius 3 is 1.83 bits per heavy atom. The van der Waals surface area contributed by atoms with Gasteiger partial charge in [0, 0.05) is 0 Å². The van der Waals surface area contributed by atoms with Crippen LogP contribution in [0.4, 0.5) is 4.79 Å². The van der Waals surface area contributed by atoms with Crippen LogP contribution in [-0.2, 0) is 4.74 Å². The summed E-state index contributed by atoms with van der Waals surface area (Å²) < 4.78 is 10.2. The highest BCUT2D eigenvalue weighted by Gasteiger charge is 2.17. The van der Waals surface area contributed by atoms with E-state index < -0.39 is 11.8 Å². The van der Waals surface area contributed by atoms with Gasteiger partial charge in [0.15, 0.2) is 0 Å². The molecule has 0 N–H and O–H groups in total. The van der Waals surface area contributed by atoms with Crippen LogP contribution in [0.2, 0.25) is 0 Å². The second-order valence-electron chi connectivity index (χ2n) is 6.38. The van der Waals surface area contributed by atoms with Gasteiger partial charge in [0.2, 0.25) is 0 Å². The first-order valence-corrected chi connectivity index (χ1v) is 7.57. The van der Waals surface area contributed by atoms with E-state index in [4.69, 9.17) is 9.47 Å². The van der Waals surface area contributed by atoms with Gasteiger partial charge in [0.25, 0.3) is 0 Å². The van der Waals surface area contributed by atoms with E-state index in [1.54, 1.807) is 32.9 Å². The Labute approximate surface area is 137 Å². The third-order valence-electron chi connectivity index (χ3n) is 3.02. The molecule has 0 aliphatic rings. The number of ether oxygens (including phenoxy) is 2. The number of carbonyl (C=O) groups is 1. The van der Waals surface area contributed by atoms with Crippen LogP contribution in [-0.4, -0.2) is 11.8 Å². The third kappa shape index (κ3) is 5.99. The molecule has 0 atom stereocenters.